The summed E-state index contributed by atoms with van der Waals surface area (Å²) >= 11 is 0. The Hall–Kier alpha value is -0.850. The zero-order chi connectivity index (χ0) is 6.41. The fraction of sp³-hybridized carbons (Fsp3) is 0.286. The van der Waals surface area contributed by atoms with E-state index >= 15 is 0 Å². The van der Waals surface area contributed by atoms with Gasteiger partial charge >= 0.3 is 0 Å². The lowest BCUT2D eigenvalue weighted by atomic mass is 10.3. The van der Waals surface area contributed by atoms with E-state index in [1.54, 1.807) is 6.20 Å². The fourth-order valence-corrected chi connectivity index (χ4v) is 0.450. The number of rotatable bonds is 2. The van der Waals surface area contributed by atoms with E-state index in [9.17, 15) is 0 Å². The summed E-state index contributed by atoms with van der Waals surface area (Å²) in [5, 5.41) is 0. The van der Waals surface area contributed by atoms with Gasteiger partial charge in [-0.3, -0.25) is 4.99 Å². The quantitative estimate of drug-likeness (QED) is 0.380. The van der Waals surface area contributed by atoms with Gasteiger partial charge in [0.1, 0.15) is 0 Å². The molecule has 0 saturated heterocycles. The van der Waals surface area contributed by atoms with Crippen molar-refractivity contribution in [2.75, 3.05) is 0 Å². The molecule has 0 fully saturated rings. The Balaban J connectivity index is 3.79. The van der Waals surface area contributed by atoms with Crippen molar-refractivity contribution in [1.29, 1.82) is 0 Å². The summed E-state index contributed by atoms with van der Waals surface area (Å²) in [6.45, 7) is 7.28. The zero-order valence-electron chi connectivity index (χ0n) is 5.39. The van der Waals surface area contributed by atoms with E-state index in [-0.39, 0.29) is 0 Å². The minimum atomic E-state index is 1.13. The average Bonchev–Trinajstić information content (AvgIpc) is 1.68. The highest BCUT2D eigenvalue weighted by Crippen LogP contribution is 1.92. The monoisotopic (exact) mass is 109 g/mol. The molecule has 0 amide bonds. The van der Waals surface area contributed by atoms with Gasteiger partial charge < -0.3 is 0 Å². The van der Waals surface area contributed by atoms with E-state index in [1.807, 2.05) is 26.0 Å². The Morgan fingerprint density at radius 3 is 2.62 bits per heavy atom. The molecule has 1 heteroatoms. The number of hydrogen-bond acceptors (Lipinski definition) is 1. The topological polar surface area (TPSA) is 12.4 Å². The van der Waals surface area contributed by atoms with Crippen LogP contribution in [0.4, 0.5) is 0 Å². The van der Waals surface area contributed by atoms with Gasteiger partial charge in [-0.05, 0) is 26.1 Å². The van der Waals surface area contributed by atoms with Crippen LogP contribution >= 0.6 is 0 Å². The van der Waals surface area contributed by atoms with Gasteiger partial charge in [-0.2, -0.15) is 0 Å². The molecule has 0 unspecified atom stereocenters. The lowest BCUT2D eigenvalue weighted by molar-refractivity contribution is 1.43. The third kappa shape index (κ3) is 3.34. The van der Waals surface area contributed by atoms with Gasteiger partial charge in [-0.25, -0.2) is 0 Å². The van der Waals surface area contributed by atoms with Gasteiger partial charge in [0.25, 0.3) is 0 Å². The largest absolute Gasteiger partial charge is 0.272 e. The van der Waals surface area contributed by atoms with Crippen molar-refractivity contribution in [3.63, 3.8) is 0 Å². The molecule has 0 aliphatic rings. The number of nitrogens with zero attached hydrogens (tertiary/aromatic N) is 1. The number of aliphatic imine (C=N–C) groups is 1. The van der Waals surface area contributed by atoms with Crippen molar-refractivity contribution in [2.24, 2.45) is 4.99 Å². The number of allylic oxidation sites excluding steroid dienone is 3. The highest BCUT2D eigenvalue weighted by atomic mass is 14.6. The molecule has 0 saturated carbocycles. The Bertz CT molecular complexity index is 120. The Morgan fingerprint density at radius 1 is 1.62 bits per heavy atom. The predicted octanol–water partition coefficient (Wildman–Crippen LogP) is 2.17. The second kappa shape index (κ2) is 4.31. The molecule has 0 aliphatic heterocycles. The van der Waals surface area contributed by atoms with Crippen LogP contribution < -0.4 is 0 Å². The zero-order valence-corrected chi connectivity index (χ0v) is 5.39. The van der Waals surface area contributed by atoms with Crippen molar-refractivity contribution in [2.45, 2.75) is 13.8 Å². The van der Waals surface area contributed by atoms with Crippen molar-refractivity contribution in [3.8, 4) is 0 Å². The van der Waals surface area contributed by atoms with Gasteiger partial charge in [0, 0.05) is 6.20 Å². The summed E-state index contributed by atoms with van der Waals surface area (Å²) in [6, 6.07) is 0. The molecule has 0 N–H and O–H groups in total. The fourth-order valence-electron chi connectivity index (χ4n) is 0.450. The van der Waals surface area contributed by atoms with Crippen LogP contribution in [-0.2, 0) is 0 Å². The summed E-state index contributed by atoms with van der Waals surface area (Å²) in [7, 11) is 0. The van der Waals surface area contributed by atoms with Gasteiger partial charge in [0.05, 0.1) is 0 Å². The van der Waals surface area contributed by atoms with E-state index in [2.05, 4.69) is 11.7 Å². The molecule has 0 aromatic rings. The molecule has 0 rings (SSSR count). The second-order valence-corrected chi connectivity index (χ2v) is 1.56. The summed E-state index contributed by atoms with van der Waals surface area (Å²) in [6.07, 6.45) is 5.67. The maximum absolute atomic E-state index is 3.59. The summed E-state index contributed by atoms with van der Waals surface area (Å²) in [5.74, 6) is 0. The van der Waals surface area contributed by atoms with Gasteiger partial charge in [0.15, 0.2) is 0 Å². The summed E-state index contributed by atoms with van der Waals surface area (Å²) in [5.41, 5.74) is 1.13. The van der Waals surface area contributed by atoms with Gasteiger partial charge in [0.2, 0.25) is 0 Å². The lowest BCUT2D eigenvalue weighted by Gasteiger charge is -1.82. The van der Waals surface area contributed by atoms with E-state index in [0.717, 1.165) is 5.57 Å². The maximum atomic E-state index is 3.59. The highest BCUT2D eigenvalue weighted by molar-refractivity contribution is 5.28. The normalized spacial score (nSPS) is 12.5. The van der Waals surface area contributed by atoms with E-state index in [4.69, 9.17) is 0 Å². The maximum Gasteiger partial charge on any atom is 0.0289 e. The molecule has 0 aromatic heterocycles. The van der Waals surface area contributed by atoms with Crippen LogP contribution in [0.2, 0.25) is 0 Å². The molecule has 44 valence electrons. The Morgan fingerprint density at radius 2 is 2.25 bits per heavy atom. The molecular weight excluding hydrogens is 98.1 g/mol. The van der Waals surface area contributed by atoms with Crippen molar-refractivity contribution < 1.29 is 0 Å². The predicted molar refractivity (Wildman–Crippen MR) is 38.1 cm³/mol. The Labute approximate surface area is 50.4 Å². The van der Waals surface area contributed by atoms with Crippen LogP contribution in [0.25, 0.3) is 0 Å². The summed E-state index contributed by atoms with van der Waals surface area (Å²) in [4.78, 5) is 3.59. The molecule has 0 aromatic carbocycles. The minimum Gasteiger partial charge on any atom is -0.272 e. The standard InChI is InChI=1S/C7H11N/c1-4-5-7(2)6-8-3/h4-6H,3H2,1-2H3/b5-4+,7-6-. The molecule has 0 atom stereocenters. The first-order valence-electron chi connectivity index (χ1n) is 2.56. The number of hydrogen-bond donors (Lipinski definition) is 0. The highest BCUT2D eigenvalue weighted by Gasteiger charge is 1.72. The third-order valence-electron chi connectivity index (χ3n) is 0.724. The average molecular weight is 109 g/mol. The molecule has 0 spiro atoms. The SMILES string of the molecule is C=N/C=C(C)\C=C\C. The molecule has 0 aliphatic carbocycles. The molecule has 1 nitrogen and oxygen atoms in total. The molecule has 0 radical (unpaired) electrons. The Kier molecular flexibility index (Phi) is 3.85. The van der Waals surface area contributed by atoms with Gasteiger partial charge in [-0.15, -0.1) is 0 Å². The molecule has 8 heavy (non-hydrogen) atoms. The van der Waals surface area contributed by atoms with E-state index < -0.39 is 0 Å². The van der Waals surface area contributed by atoms with Crippen LogP contribution in [0.3, 0.4) is 0 Å². The van der Waals surface area contributed by atoms with Crippen molar-refractivity contribution in [3.05, 3.63) is 23.9 Å². The first-order valence-corrected chi connectivity index (χ1v) is 2.56. The second-order valence-electron chi connectivity index (χ2n) is 1.56. The molecule has 0 heterocycles. The van der Waals surface area contributed by atoms with Crippen LogP contribution in [0.1, 0.15) is 13.8 Å². The van der Waals surface area contributed by atoms with Crippen LogP contribution in [0.15, 0.2) is 28.9 Å². The molecular formula is C7H11N. The van der Waals surface area contributed by atoms with Gasteiger partial charge in [-0.1, -0.05) is 12.2 Å². The third-order valence-corrected chi connectivity index (χ3v) is 0.724. The molecule has 0 bridgehead atoms. The van der Waals surface area contributed by atoms with Crippen molar-refractivity contribution in [1.82, 2.24) is 0 Å². The minimum absolute atomic E-state index is 1.13. The van der Waals surface area contributed by atoms with Crippen LogP contribution in [0, 0.1) is 0 Å². The van der Waals surface area contributed by atoms with Crippen LogP contribution in [0.5, 0.6) is 0 Å². The smallest absolute Gasteiger partial charge is 0.0289 e. The van der Waals surface area contributed by atoms with Crippen molar-refractivity contribution >= 4 is 6.72 Å². The lowest BCUT2D eigenvalue weighted by Crippen LogP contribution is -1.62. The summed E-state index contributed by atoms with van der Waals surface area (Å²) < 4.78 is 0. The first-order chi connectivity index (χ1) is 3.81. The van der Waals surface area contributed by atoms with Crippen LogP contribution in [-0.4, -0.2) is 6.72 Å². The van der Waals surface area contributed by atoms with E-state index in [1.165, 1.54) is 0 Å². The van der Waals surface area contributed by atoms with E-state index in [0.29, 0.717) is 0 Å². The first kappa shape index (κ1) is 7.15.